The van der Waals surface area contributed by atoms with Crippen molar-refractivity contribution in [2.45, 2.75) is 0 Å². The minimum atomic E-state index is -3.13. The summed E-state index contributed by atoms with van der Waals surface area (Å²) >= 11 is 0. The Hall–Kier alpha value is 3.82. The average Bonchev–Trinajstić information content (AvgIpc) is 0.811. The Kier molecular flexibility index (Phi) is 52.6. The summed E-state index contributed by atoms with van der Waals surface area (Å²) in [4.78, 5) is 14.3. The molecule has 0 aliphatic carbocycles. The standard InChI is InChI=1S/Ba.K.Na.H2O3Si.4H/c;;;1-4(2)3;;;;/h;;;1-2H;;;;/q+2;2*+1;;4*-1. The largest absolute Gasteiger partial charge is 2.00 e. The Labute approximate surface area is 154 Å². The zero-order valence-corrected chi connectivity index (χ0v) is 15.1. The maximum Gasteiger partial charge on any atom is 2.00 e. The van der Waals surface area contributed by atoms with Crippen molar-refractivity contribution in [2.24, 2.45) is 0 Å². The van der Waals surface area contributed by atoms with Crippen molar-refractivity contribution >= 4 is 58.1 Å². The molecule has 0 rings (SSSR count). The van der Waals surface area contributed by atoms with Crippen LogP contribution in [0.15, 0.2) is 0 Å². The molecule has 0 aliphatic heterocycles. The van der Waals surface area contributed by atoms with Gasteiger partial charge in [-0.25, -0.2) is 0 Å². The number of hydrogen-bond acceptors (Lipinski definition) is 1. The molecule has 0 unspecified atom stereocenters. The summed E-state index contributed by atoms with van der Waals surface area (Å²) in [5.74, 6) is 0. The molecule has 0 amide bonds. The summed E-state index contributed by atoms with van der Waals surface area (Å²) in [5.41, 5.74) is 0. The first kappa shape index (κ1) is 22.4. The molecule has 0 aromatic heterocycles. The van der Waals surface area contributed by atoms with E-state index < -0.39 is 9.17 Å². The molecule has 0 saturated heterocycles. The van der Waals surface area contributed by atoms with Gasteiger partial charge in [0.15, 0.2) is 0 Å². The third-order valence-electron chi connectivity index (χ3n) is 0. The van der Waals surface area contributed by atoms with E-state index in [0.29, 0.717) is 0 Å². The van der Waals surface area contributed by atoms with Gasteiger partial charge in [-0.05, 0) is 0 Å². The molecule has 7 heavy (non-hydrogen) atoms. The van der Waals surface area contributed by atoms with Crippen molar-refractivity contribution in [1.29, 1.82) is 0 Å². The molecule has 0 atom stereocenters. The molecule has 0 saturated carbocycles. The van der Waals surface area contributed by atoms with Crippen LogP contribution in [-0.2, 0) is 4.46 Å². The smallest absolute Gasteiger partial charge is 1.00 e. The summed E-state index contributed by atoms with van der Waals surface area (Å²) in [5, 5.41) is 0. The SMILES string of the molecule is O=[Si](O)O.[Ba+2].[H-].[H-].[H-].[H-].[K+].[Na+]. The second-order valence-electron chi connectivity index (χ2n) is 0.283. The molecule has 0 aliphatic rings. The zero-order chi connectivity index (χ0) is 3.58. The van der Waals surface area contributed by atoms with E-state index in [2.05, 4.69) is 0 Å². The van der Waals surface area contributed by atoms with Gasteiger partial charge in [0.2, 0.25) is 0 Å². The maximum absolute atomic E-state index is 8.74. The van der Waals surface area contributed by atoms with Crippen molar-refractivity contribution in [2.75, 3.05) is 0 Å². The van der Waals surface area contributed by atoms with E-state index in [-0.39, 0.29) is 136 Å². The topological polar surface area (TPSA) is 57.5 Å². The minimum absolute atomic E-state index is 0. The normalized spacial score (nSPS) is 3.43. The van der Waals surface area contributed by atoms with Crippen molar-refractivity contribution in [3.8, 4) is 0 Å². The summed E-state index contributed by atoms with van der Waals surface area (Å²) in [7, 11) is -3.13. The summed E-state index contributed by atoms with van der Waals surface area (Å²) < 4.78 is 8.74. The van der Waals surface area contributed by atoms with Gasteiger partial charge in [-0.1, -0.05) is 0 Å². The van der Waals surface area contributed by atoms with Gasteiger partial charge in [-0.2, -0.15) is 0 Å². The predicted molar refractivity (Wildman–Crippen MR) is 21.1 cm³/mol. The molecule has 3 nitrogen and oxygen atoms in total. The second kappa shape index (κ2) is 16.4. The molecular formula is H6BaKNaO3Si. The minimum Gasteiger partial charge on any atom is -1.00 e. The molecule has 32 valence electrons. The van der Waals surface area contributed by atoms with Gasteiger partial charge in [0.1, 0.15) is 0 Å². The van der Waals surface area contributed by atoms with E-state index >= 15 is 0 Å². The summed E-state index contributed by atoms with van der Waals surface area (Å²) in [6, 6.07) is 0. The first-order valence-corrected chi connectivity index (χ1v) is 1.95. The van der Waals surface area contributed by atoms with Crippen LogP contribution in [0.25, 0.3) is 0 Å². The fourth-order valence-electron chi connectivity index (χ4n) is 0. The van der Waals surface area contributed by atoms with Crippen LogP contribution in [0, 0.1) is 0 Å². The predicted octanol–water partition coefficient (Wildman–Crippen LogP) is -7.54. The Balaban J connectivity index is -0.00000000214. The Morgan fingerprint density at radius 1 is 1.43 bits per heavy atom. The molecule has 0 spiro atoms. The van der Waals surface area contributed by atoms with Crippen LogP contribution in [0.3, 0.4) is 0 Å². The average molecular weight is 282 g/mol. The third-order valence-corrected chi connectivity index (χ3v) is 0. The molecule has 0 aromatic rings. The monoisotopic (exact) mass is 282 g/mol. The molecule has 0 heterocycles. The van der Waals surface area contributed by atoms with Gasteiger partial charge in [0.25, 0.3) is 0 Å². The maximum atomic E-state index is 8.74. The molecule has 0 aromatic carbocycles. The van der Waals surface area contributed by atoms with E-state index in [1.54, 1.807) is 0 Å². The van der Waals surface area contributed by atoms with Gasteiger partial charge in [0, 0.05) is 0 Å². The van der Waals surface area contributed by atoms with Crippen LogP contribution in [0.5, 0.6) is 0 Å². The summed E-state index contributed by atoms with van der Waals surface area (Å²) in [6.07, 6.45) is 0. The number of hydrogen-bond donors (Lipinski definition) is 2. The fourth-order valence-corrected chi connectivity index (χ4v) is 0. The van der Waals surface area contributed by atoms with Gasteiger partial charge in [0.05, 0.1) is 0 Å². The van der Waals surface area contributed by atoms with Crippen LogP contribution in [0.1, 0.15) is 5.71 Å². The van der Waals surface area contributed by atoms with Crippen molar-refractivity contribution < 1.29 is 101 Å². The Bertz CT molecular complexity index is 48.3. The van der Waals surface area contributed by atoms with Crippen LogP contribution in [0.4, 0.5) is 0 Å². The van der Waals surface area contributed by atoms with Gasteiger partial charge >= 0.3 is 139 Å². The van der Waals surface area contributed by atoms with Crippen molar-refractivity contribution in [3.05, 3.63) is 0 Å². The Morgan fingerprint density at radius 3 is 1.43 bits per heavy atom. The quantitative estimate of drug-likeness (QED) is 0.434. The van der Waals surface area contributed by atoms with E-state index in [1.807, 2.05) is 0 Å². The van der Waals surface area contributed by atoms with Gasteiger partial charge in [-0.3, -0.25) is 4.46 Å². The summed E-state index contributed by atoms with van der Waals surface area (Å²) in [6.45, 7) is 0. The van der Waals surface area contributed by atoms with Crippen LogP contribution >= 0.6 is 0 Å². The molecule has 7 heteroatoms. The molecule has 0 bridgehead atoms. The van der Waals surface area contributed by atoms with E-state index in [0.717, 1.165) is 0 Å². The molecule has 0 radical (unpaired) electrons. The third kappa shape index (κ3) is 41.1. The van der Waals surface area contributed by atoms with E-state index in [9.17, 15) is 0 Å². The molecular weight excluding hydrogens is 275 g/mol. The van der Waals surface area contributed by atoms with Crippen LogP contribution < -0.4 is 80.9 Å². The van der Waals surface area contributed by atoms with Gasteiger partial charge in [-0.15, -0.1) is 0 Å². The fraction of sp³-hybridized carbons (Fsp3) is 0. The Morgan fingerprint density at radius 2 is 1.43 bits per heavy atom. The van der Waals surface area contributed by atoms with Gasteiger partial charge < -0.3 is 15.3 Å². The van der Waals surface area contributed by atoms with E-state index in [4.69, 9.17) is 14.1 Å². The van der Waals surface area contributed by atoms with Crippen LogP contribution in [-0.4, -0.2) is 67.6 Å². The van der Waals surface area contributed by atoms with Crippen molar-refractivity contribution in [3.63, 3.8) is 0 Å². The van der Waals surface area contributed by atoms with Crippen molar-refractivity contribution in [1.82, 2.24) is 0 Å². The number of rotatable bonds is 0. The van der Waals surface area contributed by atoms with Crippen LogP contribution in [0.2, 0.25) is 0 Å². The van der Waals surface area contributed by atoms with E-state index in [1.165, 1.54) is 0 Å². The molecule has 2 N–H and O–H groups in total. The molecule has 0 fully saturated rings. The first-order valence-electron chi connectivity index (χ1n) is 0.651. The zero-order valence-electron chi connectivity index (χ0n) is 8.51. The second-order valence-corrected chi connectivity index (χ2v) is 0.848. The first-order chi connectivity index (χ1) is 1.73.